The first kappa shape index (κ1) is 21.5. The van der Waals surface area contributed by atoms with Crippen molar-refractivity contribution in [2.24, 2.45) is 0 Å². The van der Waals surface area contributed by atoms with Gasteiger partial charge in [-0.25, -0.2) is 4.79 Å². The molecule has 0 saturated carbocycles. The van der Waals surface area contributed by atoms with E-state index in [1.54, 1.807) is 23.1 Å². The highest BCUT2D eigenvalue weighted by molar-refractivity contribution is 5.81. The van der Waals surface area contributed by atoms with Crippen LogP contribution in [-0.4, -0.2) is 49.8 Å². The van der Waals surface area contributed by atoms with Crippen molar-refractivity contribution in [3.63, 3.8) is 0 Å². The van der Waals surface area contributed by atoms with E-state index in [0.29, 0.717) is 43.4 Å². The maximum atomic E-state index is 12.7. The van der Waals surface area contributed by atoms with E-state index in [9.17, 15) is 9.59 Å². The van der Waals surface area contributed by atoms with Gasteiger partial charge in [-0.1, -0.05) is 12.0 Å². The monoisotopic (exact) mass is 433 g/mol. The Morgan fingerprint density at radius 1 is 1.19 bits per heavy atom. The molecule has 1 aliphatic rings. The minimum Gasteiger partial charge on any atom is -0.491 e. The van der Waals surface area contributed by atoms with Crippen LogP contribution in [0.5, 0.6) is 11.5 Å². The molecule has 1 atom stereocenters. The minimum atomic E-state index is -0.421. The van der Waals surface area contributed by atoms with Crippen molar-refractivity contribution >= 4 is 16.9 Å². The van der Waals surface area contributed by atoms with Gasteiger partial charge in [0.25, 0.3) is 5.91 Å². The highest BCUT2D eigenvalue weighted by Gasteiger charge is 2.25. The molecule has 2 heterocycles. The fourth-order valence-corrected chi connectivity index (χ4v) is 3.54. The lowest BCUT2D eigenvalue weighted by molar-refractivity contribution is -0.142. The van der Waals surface area contributed by atoms with Crippen LogP contribution in [0.1, 0.15) is 11.1 Å². The standard InChI is InChI=1S/C25H23NO6/c1-3-18-5-4-6-19(12-18)30-15-21-14-26(9-10-29-21)24(27)16-31-20-7-8-22-17(2)11-25(28)32-23(22)13-20/h1,4-8,11-13,21H,9-10,14-16H2,2H3. The molecule has 7 heteroatoms. The van der Waals surface area contributed by atoms with Crippen molar-refractivity contribution in [2.75, 3.05) is 32.9 Å². The average molecular weight is 433 g/mol. The molecule has 0 spiro atoms. The predicted octanol–water partition coefficient (Wildman–Crippen LogP) is 2.77. The lowest BCUT2D eigenvalue weighted by Gasteiger charge is -2.32. The lowest BCUT2D eigenvalue weighted by Crippen LogP contribution is -2.49. The number of benzene rings is 2. The fraction of sp³-hybridized carbons (Fsp3) is 0.280. The maximum Gasteiger partial charge on any atom is 0.336 e. The van der Waals surface area contributed by atoms with Crippen LogP contribution in [0.3, 0.4) is 0 Å². The summed E-state index contributed by atoms with van der Waals surface area (Å²) in [5.74, 6) is 3.54. The summed E-state index contributed by atoms with van der Waals surface area (Å²) in [6.45, 7) is 3.33. The number of hydrogen-bond acceptors (Lipinski definition) is 6. The number of ether oxygens (including phenoxy) is 3. The number of nitrogens with zero attached hydrogens (tertiary/aromatic N) is 1. The zero-order valence-electron chi connectivity index (χ0n) is 17.7. The quantitative estimate of drug-likeness (QED) is 0.440. The molecule has 1 aromatic heterocycles. The topological polar surface area (TPSA) is 78.2 Å². The predicted molar refractivity (Wildman–Crippen MR) is 119 cm³/mol. The van der Waals surface area contributed by atoms with Gasteiger partial charge in [0.05, 0.1) is 13.2 Å². The Hall–Kier alpha value is -3.76. The van der Waals surface area contributed by atoms with Crippen LogP contribution in [0.2, 0.25) is 0 Å². The van der Waals surface area contributed by atoms with E-state index in [-0.39, 0.29) is 18.6 Å². The largest absolute Gasteiger partial charge is 0.491 e. The molecule has 32 heavy (non-hydrogen) atoms. The minimum absolute atomic E-state index is 0.126. The molecule has 0 bridgehead atoms. The zero-order valence-corrected chi connectivity index (χ0v) is 17.7. The maximum absolute atomic E-state index is 12.7. The third-order valence-corrected chi connectivity index (χ3v) is 5.21. The summed E-state index contributed by atoms with van der Waals surface area (Å²) >= 11 is 0. The van der Waals surface area contributed by atoms with Crippen LogP contribution in [0.4, 0.5) is 0 Å². The van der Waals surface area contributed by atoms with Crippen molar-refractivity contribution in [3.05, 3.63) is 70.1 Å². The van der Waals surface area contributed by atoms with Crippen molar-refractivity contribution in [3.8, 4) is 23.8 Å². The van der Waals surface area contributed by atoms with Gasteiger partial charge in [-0.05, 0) is 42.8 Å². The SMILES string of the molecule is C#Cc1cccc(OCC2CN(C(=O)COc3ccc4c(C)cc(=O)oc4c3)CCO2)c1. The number of morpholine rings is 1. The van der Waals surface area contributed by atoms with E-state index >= 15 is 0 Å². The van der Waals surface area contributed by atoms with Crippen molar-refractivity contribution < 1.29 is 23.4 Å². The molecule has 1 amide bonds. The number of rotatable bonds is 6. The normalized spacial score (nSPS) is 15.9. The third kappa shape index (κ3) is 5.10. The zero-order chi connectivity index (χ0) is 22.5. The number of carbonyl (C=O) groups is 1. The molecule has 3 aromatic rings. The molecule has 2 aromatic carbocycles. The Kier molecular flexibility index (Phi) is 6.43. The fourth-order valence-electron chi connectivity index (χ4n) is 3.54. The Balaban J connectivity index is 1.32. The molecular formula is C25H23NO6. The van der Waals surface area contributed by atoms with Gasteiger partial charge in [-0.3, -0.25) is 4.79 Å². The smallest absolute Gasteiger partial charge is 0.336 e. The Morgan fingerprint density at radius 3 is 2.88 bits per heavy atom. The van der Waals surface area contributed by atoms with Crippen molar-refractivity contribution in [2.45, 2.75) is 13.0 Å². The first-order valence-electron chi connectivity index (χ1n) is 10.3. The van der Waals surface area contributed by atoms with Gasteiger partial charge in [0.1, 0.15) is 29.8 Å². The highest BCUT2D eigenvalue weighted by atomic mass is 16.5. The van der Waals surface area contributed by atoms with Crippen LogP contribution in [0.25, 0.3) is 11.0 Å². The Labute approximate surface area is 185 Å². The van der Waals surface area contributed by atoms with Crippen LogP contribution in [0.15, 0.2) is 57.7 Å². The molecule has 0 radical (unpaired) electrons. The summed E-state index contributed by atoms with van der Waals surface area (Å²) in [5.41, 5.74) is 1.57. The summed E-state index contributed by atoms with van der Waals surface area (Å²) in [6, 6.07) is 13.9. The summed E-state index contributed by atoms with van der Waals surface area (Å²) in [5, 5.41) is 0.826. The summed E-state index contributed by atoms with van der Waals surface area (Å²) in [7, 11) is 0. The highest BCUT2D eigenvalue weighted by Crippen LogP contribution is 2.22. The second kappa shape index (κ2) is 9.58. The van der Waals surface area contributed by atoms with Gasteiger partial charge in [0.2, 0.25) is 0 Å². The first-order valence-corrected chi connectivity index (χ1v) is 10.3. The molecule has 0 N–H and O–H groups in total. The van der Waals surface area contributed by atoms with Gasteiger partial charge in [-0.15, -0.1) is 6.42 Å². The van der Waals surface area contributed by atoms with E-state index in [2.05, 4.69) is 5.92 Å². The number of hydrogen-bond donors (Lipinski definition) is 0. The second-order valence-electron chi connectivity index (χ2n) is 7.51. The number of carbonyl (C=O) groups excluding carboxylic acids is 1. The van der Waals surface area contributed by atoms with E-state index in [4.69, 9.17) is 25.1 Å². The summed E-state index contributed by atoms with van der Waals surface area (Å²) in [6.07, 6.45) is 5.16. The molecule has 7 nitrogen and oxygen atoms in total. The van der Waals surface area contributed by atoms with E-state index in [0.717, 1.165) is 16.5 Å². The molecule has 1 unspecified atom stereocenters. The van der Waals surface area contributed by atoms with Crippen molar-refractivity contribution in [1.29, 1.82) is 0 Å². The average Bonchev–Trinajstić information content (AvgIpc) is 2.81. The molecule has 164 valence electrons. The lowest BCUT2D eigenvalue weighted by atomic mass is 10.1. The Morgan fingerprint density at radius 2 is 2.03 bits per heavy atom. The summed E-state index contributed by atoms with van der Waals surface area (Å²) < 4.78 is 22.4. The van der Waals surface area contributed by atoms with Crippen molar-refractivity contribution in [1.82, 2.24) is 4.90 Å². The van der Waals surface area contributed by atoms with E-state index in [1.165, 1.54) is 6.07 Å². The third-order valence-electron chi connectivity index (χ3n) is 5.21. The number of aryl methyl sites for hydroxylation is 1. The van der Waals surface area contributed by atoms with Gasteiger partial charge in [-0.2, -0.15) is 0 Å². The molecule has 4 rings (SSSR count). The Bertz CT molecular complexity index is 1230. The molecule has 0 aliphatic carbocycles. The van der Waals surface area contributed by atoms with Crippen LogP contribution < -0.4 is 15.1 Å². The van der Waals surface area contributed by atoms with E-state index in [1.807, 2.05) is 31.2 Å². The van der Waals surface area contributed by atoms with E-state index < -0.39 is 5.63 Å². The number of amides is 1. The van der Waals surface area contributed by atoms with Gasteiger partial charge >= 0.3 is 5.63 Å². The second-order valence-corrected chi connectivity index (χ2v) is 7.51. The molecule has 1 aliphatic heterocycles. The van der Waals surface area contributed by atoms with Crippen LogP contribution in [-0.2, 0) is 9.53 Å². The van der Waals surface area contributed by atoms with Gasteiger partial charge in [0, 0.05) is 29.6 Å². The first-order chi connectivity index (χ1) is 15.5. The summed E-state index contributed by atoms with van der Waals surface area (Å²) in [4.78, 5) is 25.9. The van der Waals surface area contributed by atoms with Crippen LogP contribution in [0, 0.1) is 19.3 Å². The number of fused-ring (bicyclic) bond motifs is 1. The molecule has 1 fully saturated rings. The van der Waals surface area contributed by atoms with Gasteiger partial charge in [0.15, 0.2) is 6.61 Å². The van der Waals surface area contributed by atoms with Crippen LogP contribution >= 0.6 is 0 Å². The van der Waals surface area contributed by atoms with Gasteiger partial charge < -0.3 is 23.5 Å². The molecular weight excluding hydrogens is 410 g/mol. The number of terminal acetylenes is 1. The molecule has 1 saturated heterocycles.